The van der Waals surface area contributed by atoms with Gasteiger partial charge in [0.15, 0.2) is 16.4 Å². The van der Waals surface area contributed by atoms with Crippen LogP contribution >= 0.6 is 0 Å². The first-order valence-corrected chi connectivity index (χ1v) is 10.5. The molecule has 0 aliphatic heterocycles. The van der Waals surface area contributed by atoms with Crippen LogP contribution in [0.2, 0.25) is 0 Å². The predicted molar refractivity (Wildman–Crippen MR) is 107 cm³/mol. The van der Waals surface area contributed by atoms with E-state index in [0.717, 1.165) is 6.26 Å². The van der Waals surface area contributed by atoms with Gasteiger partial charge in [-0.25, -0.2) is 13.2 Å². The summed E-state index contributed by atoms with van der Waals surface area (Å²) in [6.45, 7) is -0.492. The highest BCUT2D eigenvalue weighted by atomic mass is 32.2. The summed E-state index contributed by atoms with van der Waals surface area (Å²) >= 11 is 0. The number of benzene rings is 2. The van der Waals surface area contributed by atoms with Crippen LogP contribution in [0.15, 0.2) is 59.5 Å². The summed E-state index contributed by atoms with van der Waals surface area (Å²) in [6.07, 6.45) is 0.947. The predicted octanol–water partition coefficient (Wildman–Crippen LogP) is 1.78. The maximum absolute atomic E-state index is 11.8. The molecule has 10 heteroatoms. The normalized spacial score (nSPS) is 10.7. The third-order valence-electron chi connectivity index (χ3n) is 3.56. The number of hydrogen-bond acceptors (Lipinski definition) is 6. The first kappa shape index (κ1) is 21.9. The molecule has 29 heavy (non-hydrogen) atoms. The van der Waals surface area contributed by atoms with Crippen LogP contribution in [0.4, 0.5) is 16.2 Å². The number of esters is 1. The minimum atomic E-state index is -3.40. The van der Waals surface area contributed by atoms with Gasteiger partial charge in [0, 0.05) is 24.2 Å². The molecule has 2 aromatic rings. The van der Waals surface area contributed by atoms with Crippen LogP contribution in [0.25, 0.3) is 0 Å². The number of nitrogens with one attached hydrogen (secondary N) is 3. The van der Waals surface area contributed by atoms with Crippen LogP contribution in [0.5, 0.6) is 0 Å². The summed E-state index contributed by atoms with van der Waals surface area (Å²) in [5, 5.41) is 7.55. The molecule has 0 saturated carbocycles. The lowest BCUT2D eigenvalue weighted by Gasteiger charge is -2.09. The number of para-hydroxylation sites is 1. The summed E-state index contributed by atoms with van der Waals surface area (Å²) in [4.78, 5) is 35.3. The second-order valence-electron chi connectivity index (χ2n) is 6.01. The van der Waals surface area contributed by atoms with E-state index in [1.807, 2.05) is 6.07 Å². The monoisotopic (exact) mass is 419 g/mol. The molecule has 0 aromatic heterocycles. The van der Waals surface area contributed by atoms with Crippen molar-refractivity contribution >= 4 is 39.1 Å². The quantitative estimate of drug-likeness (QED) is 0.559. The smallest absolute Gasteiger partial charge is 0.319 e. The van der Waals surface area contributed by atoms with Gasteiger partial charge in [-0.15, -0.1) is 0 Å². The number of hydrogen-bond donors (Lipinski definition) is 3. The molecule has 0 saturated heterocycles. The van der Waals surface area contributed by atoms with Gasteiger partial charge < -0.3 is 20.7 Å². The van der Waals surface area contributed by atoms with Crippen molar-refractivity contribution in [2.45, 2.75) is 11.3 Å². The van der Waals surface area contributed by atoms with Gasteiger partial charge in [0.25, 0.3) is 5.91 Å². The van der Waals surface area contributed by atoms with Crippen molar-refractivity contribution in [1.29, 1.82) is 0 Å². The SMILES string of the molecule is CS(=O)(=O)c1cccc(NC(=O)COC(=O)CCNC(=O)Nc2ccccc2)c1. The molecular formula is C19H21N3O6S. The highest BCUT2D eigenvalue weighted by Crippen LogP contribution is 2.15. The first-order valence-electron chi connectivity index (χ1n) is 8.59. The molecule has 154 valence electrons. The van der Waals surface area contributed by atoms with E-state index < -0.39 is 34.4 Å². The minimum Gasteiger partial charge on any atom is -0.456 e. The zero-order chi connectivity index (χ0) is 21.3. The largest absolute Gasteiger partial charge is 0.456 e. The summed E-state index contributed by atoms with van der Waals surface area (Å²) in [5.41, 5.74) is 0.886. The first-order chi connectivity index (χ1) is 13.7. The fourth-order valence-electron chi connectivity index (χ4n) is 2.19. The number of anilines is 2. The number of rotatable bonds is 8. The number of ether oxygens (including phenoxy) is 1. The number of carbonyl (C=O) groups excluding carboxylic acids is 3. The van der Waals surface area contributed by atoms with Gasteiger partial charge in [-0.05, 0) is 30.3 Å². The Balaban J connectivity index is 1.68. The Morgan fingerprint density at radius 1 is 0.931 bits per heavy atom. The van der Waals surface area contributed by atoms with E-state index in [2.05, 4.69) is 16.0 Å². The zero-order valence-electron chi connectivity index (χ0n) is 15.7. The lowest BCUT2D eigenvalue weighted by atomic mass is 10.3. The van der Waals surface area contributed by atoms with E-state index in [1.165, 1.54) is 24.3 Å². The molecule has 0 fully saturated rings. The Bertz CT molecular complexity index is 976. The molecule has 9 nitrogen and oxygen atoms in total. The van der Waals surface area contributed by atoms with Crippen LogP contribution in [0.1, 0.15) is 6.42 Å². The van der Waals surface area contributed by atoms with E-state index >= 15 is 0 Å². The van der Waals surface area contributed by atoms with Gasteiger partial charge in [0.1, 0.15) is 0 Å². The molecule has 0 spiro atoms. The summed E-state index contributed by atoms with van der Waals surface area (Å²) < 4.78 is 27.9. The maximum Gasteiger partial charge on any atom is 0.319 e. The third-order valence-corrected chi connectivity index (χ3v) is 4.67. The topological polar surface area (TPSA) is 131 Å². The van der Waals surface area contributed by atoms with E-state index in [1.54, 1.807) is 24.3 Å². The number of amides is 3. The fourth-order valence-corrected chi connectivity index (χ4v) is 2.86. The second-order valence-corrected chi connectivity index (χ2v) is 8.02. The number of urea groups is 1. The molecule has 0 bridgehead atoms. The van der Waals surface area contributed by atoms with E-state index in [0.29, 0.717) is 5.69 Å². The summed E-state index contributed by atoms with van der Waals surface area (Å²) in [5.74, 6) is -1.27. The molecule has 0 atom stereocenters. The Hall–Kier alpha value is -3.40. The molecule has 0 aliphatic rings. The third kappa shape index (κ3) is 8.01. The zero-order valence-corrected chi connectivity index (χ0v) is 16.5. The van der Waals surface area contributed by atoms with Crippen molar-refractivity contribution in [2.75, 3.05) is 30.0 Å². The molecule has 0 heterocycles. The van der Waals surface area contributed by atoms with E-state index in [-0.39, 0.29) is 23.5 Å². The minimum absolute atomic E-state index is 0.0372. The van der Waals surface area contributed by atoms with Gasteiger partial charge in [-0.3, -0.25) is 9.59 Å². The van der Waals surface area contributed by atoms with Gasteiger partial charge in [-0.1, -0.05) is 24.3 Å². The van der Waals surface area contributed by atoms with Crippen molar-refractivity contribution < 1.29 is 27.5 Å². The van der Waals surface area contributed by atoms with Crippen LogP contribution in [-0.4, -0.2) is 45.7 Å². The van der Waals surface area contributed by atoms with Gasteiger partial charge in [0.2, 0.25) is 0 Å². The highest BCUT2D eigenvalue weighted by molar-refractivity contribution is 7.90. The highest BCUT2D eigenvalue weighted by Gasteiger charge is 2.11. The van der Waals surface area contributed by atoms with Crippen molar-refractivity contribution in [2.24, 2.45) is 0 Å². The molecule has 0 radical (unpaired) electrons. The van der Waals surface area contributed by atoms with Crippen LogP contribution in [0, 0.1) is 0 Å². The van der Waals surface area contributed by atoms with E-state index in [9.17, 15) is 22.8 Å². The number of carbonyl (C=O) groups is 3. The molecule has 0 unspecified atom stereocenters. The average Bonchev–Trinajstić information content (AvgIpc) is 2.67. The Morgan fingerprint density at radius 3 is 2.31 bits per heavy atom. The van der Waals surface area contributed by atoms with Gasteiger partial charge in [0.05, 0.1) is 11.3 Å². The molecule has 3 amide bonds. The second kappa shape index (κ2) is 10.2. The van der Waals surface area contributed by atoms with Crippen LogP contribution in [-0.2, 0) is 24.2 Å². The summed E-state index contributed by atoms with van der Waals surface area (Å²) in [6, 6.07) is 14.1. The lowest BCUT2D eigenvalue weighted by molar-refractivity contribution is -0.147. The van der Waals surface area contributed by atoms with Gasteiger partial charge in [-0.2, -0.15) is 0 Å². The standard InChI is InChI=1S/C19H21N3O6S/c1-29(26,27)16-9-5-8-15(12-16)21-17(23)13-28-18(24)10-11-20-19(25)22-14-6-3-2-4-7-14/h2-9,12H,10-11,13H2,1H3,(H,21,23)(H2,20,22,25). The molecule has 3 N–H and O–H groups in total. The molecule has 2 aromatic carbocycles. The Kier molecular flexibility index (Phi) is 7.72. The molecule has 2 rings (SSSR count). The maximum atomic E-state index is 11.8. The van der Waals surface area contributed by atoms with Crippen molar-refractivity contribution in [1.82, 2.24) is 5.32 Å². The lowest BCUT2D eigenvalue weighted by Crippen LogP contribution is -2.31. The van der Waals surface area contributed by atoms with Crippen LogP contribution in [0.3, 0.4) is 0 Å². The molecule has 0 aliphatic carbocycles. The van der Waals surface area contributed by atoms with Crippen molar-refractivity contribution in [3.05, 3.63) is 54.6 Å². The average molecular weight is 419 g/mol. The van der Waals surface area contributed by atoms with Crippen LogP contribution < -0.4 is 16.0 Å². The Labute approximate surface area is 168 Å². The molecular weight excluding hydrogens is 398 g/mol. The van der Waals surface area contributed by atoms with Crippen molar-refractivity contribution in [3.8, 4) is 0 Å². The number of sulfone groups is 1. The van der Waals surface area contributed by atoms with Gasteiger partial charge >= 0.3 is 12.0 Å². The Morgan fingerprint density at radius 2 is 1.62 bits per heavy atom. The summed E-state index contributed by atoms with van der Waals surface area (Å²) in [7, 11) is -3.40. The van der Waals surface area contributed by atoms with Crippen molar-refractivity contribution in [3.63, 3.8) is 0 Å². The fraction of sp³-hybridized carbons (Fsp3) is 0.211. The van der Waals surface area contributed by atoms with E-state index in [4.69, 9.17) is 4.74 Å².